The highest BCUT2D eigenvalue weighted by Gasteiger charge is 2.05. The first-order chi connectivity index (χ1) is 8.15. The summed E-state index contributed by atoms with van der Waals surface area (Å²) in [4.78, 5) is 8.37. The number of hydrogen-bond donors (Lipinski definition) is 1. The van der Waals surface area contributed by atoms with Gasteiger partial charge < -0.3 is 5.32 Å². The van der Waals surface area contributed by atoms with Crippen LogP contribution in [0.15, 0.2) is 12.7 Å². The van der Waals surface area contributed by atoms with Gasteiger partial charge in [-0.25, -0.2) is 14.6 Å². The van der Waals surface area contributed by atoms with Crippen LogP contribution in [0.5, 0.6) is 0 Å². The highest BCUT2D eigenvalue weighted by molar-refractivity contribution is 4.87. The summed E-state index contributed by atoms with van der Waals surface area (Å²) >= 11 is 0. The van der Waals surface area contributed by atoms with E-state index in [0.29, 0.717) is 19.1 Å². The molecule has 7 nitrogen and oxygen atoms in total. The minimum atomic E-state index is 0.431. The third kappa shape index (κ3) is 3.10. The van der Waals surface area contributed by atoms with Gasteiger partial charge in [-0.1, -0.05) is 13.8 Å². The minimum Gasteiger partial charge on any atom is -0.308 e. The van der Waals surface area contributed by atoms with E-state index in [4.69, 9.17) is 0 Å². The quantitative estimate of drug-likeness (QED) is 0.786. The van der Waals surface area contributed by atoms with Crippen molar-refractivity contribution < 1.29 is 0 Å². The van der Waals surface area contributed by atoms with Crippen LogP contribution in [0.25, 0.3) is 0 Å². The Balaban J connectivity index is 1.97. The molecule has 17 heavy (non-hydrogen) atoms. The zero-order valence-corrected chi connectivity index (χ0v) is 10.3. The van der Waals surface area contributed by atoms with Crippen molar-refractivity contribution in [1.82, 2.24) is 34.8 Å². The zero-order valence-electron chi connectivity index (χ0n) is 10.3. The summed E-state index contributed by atoms with van der Waals surface area (Å²) in [5, 5.41) is 11.6. The first kappa shape index (κ1) is 11.7. The predicted octanol–water partition coefficient (Wildman–Crippen LogP) is -0.0471. The first-order valence-electron chi connectivity index (χ1n) is 5.59. The molecule has 2 aromatic heterocycles. The molecule has 0 amide bonds. The van der Waals surface area contributed by atoms with E-state index < -0.39 is 0 Å². The van der Waals surface area contributed by atoms with Crippen LogP contribution in [0, 0.1) is 0 Å². The third-order valence-electron chi connectivity index (χ3n) is 2.36. The Kier molecular flexibility index (Phi) is 3.48. The molecule has 0 radical (unpaired) electrons. The van der Waals surface area contributed by atoms with Gasteiger partial charge in [0.15, 0.2) is 5.82 Å². The zero-order chi connectivity index (χ0) is 12.3. The summed E-state index contributed by atoms with van der Waals surface area (Å²) in [5.41, 5.74) is 0. The Hall–Kier alpha value is -1.76. The molecule has 0 unspecified atom stereocenters. The van der Waals surface area contributed by atoms with Gasteiger partial charge in [0.2, 0.25) is 0 Å². The number of nitrogens with one attached hydrogen (secondary N) is 1. The maximum absolute atomic E-state index is 4.36. The molecule has 7 heteroatoms. The lowest BCUT2D eigenvalue weighted by Gasteiger charge is -2.04. The number of aromatic nitrogens is 6. The van der Waals surface area contributed by atoms with Gasteiger partial charge in [-0.3, -0.25) is 4.68 Å². The Bertz CT molecular complexity index is 470. The van der Waals surface area contributed by atoms with Crippen LogP contribution in [0.1, 0.15) is 25.5 Å². The van der Waals surface area contributed by atoms with E-state index in [2.05, 4.69) is 39.3 Å². The van der Waals surface area contributed by atoms with E-state index in [1.54, 1.807) is 15.7 Å². The van der Waals surface area contributed by atoms with Crippen molar-refractivity contribution in [2.24, 2.45) is 7.05 Å². The highest BCUT2D eigenvalue weighted by Crippen LogP contribution is 1.96. The SMILES string of the molecule is CC(C)NCc1ncn(Cc2ncnn2C)n1. The number of rotatable bonds is 5. The Labute approximate surface area is 99.9 Å². The van der Waals surface area contributed by atoms with Crippen LogP contribution in [0.2, 0.25) is 0 Å². The largest absolute Gasteiger partial charge is 0.308 e. The second kappa shape index (κ2) is 5.05. The molecule has 0 aliphatic rings. The predicted molar refractivity (Wildman–Crippen MR) is 62.1 cm³/mol. The lowest BCUT2D eigenvalue weighted by Crippen LogP contribution is -2.22. The average Bonchev–Trinajstić information content (AvgIpc) is 2.87. The second-order valence-corrected chi connectivity index (χ2v) is 4.19. The van der Waals surface area contributed by atoms with Crippen LogP contribution in [0.3, 0.4) is 0 Å². The van der Waals surface area contributed by atoms with Crippen molar-refractivity contribution >= 4 is 0 Å². The van der Waals surface area contributed by atoms with Crippen molar-refractivity contribution in [3.05, 3.63) is 24.3 Å². The Morgan fingerprint density at radius 3 is 2.82 bits per heavy atom. The summed E-state index contributed by atoms with van der Waals surface area (Å²) < 4.78 is 3.50. The van der Waals surface area contributed by atoms with E-state index in [1.807, 2.05) is 7.05 Å². The van der Waals surface area contributed by atoms with Crippen molar-refractivity contribution in [3.8, 4) is 0 Å². The fraction of sp³-hybridized carbons (Fsp3) is 0.600. The standard InChI is InChI=1S/C10H17N7/c1-8(2)11-4-9-13-7-17(15-9)5-10-12-6-14-16(10)3/h6-8,11H,4-5H2,1-3H3. The van der Waals surface area contributed by atoms with Gasteiger partial charge in [0, 0.05) is 13.1 Å². The van der Waals surface area contributed by atoms with Crippen LogP contribution in [-0.2, 0) is 20.1 Å². The van der Waals surface area contributed by atoms with E-state index in [1.165, 1.54) is 6.33 Å². The molecule has 0 aliphatic carbocycles. The molecule has 1 N–H and O–H groups in total. The summed E-state index contributed by atoms with van der Waals surface area (Å²) in [6.45, 7) is 5.46. The highest BCUT2D eigenvalue weighted by atomic mass is 15.4. The topological polar surface area (TPSA) is 73.5 Å². The molecular weight excluding hydrogens is 218 g/mol. The van der Waals surface area contributed by atoms with E-state index >= 15 is 0 Å². The van der Waals surface area contributed by atoms with E-state index in [9.17, 15) is 0 Å². The number of nitrogens with zero attached hydrogens (tertiary/aromatic N) is 6. The maximum atomic E-state index is 4.36. The molecule has 0 spiro atoms. The van der Waals surface area contributed by atoms with Gasteiger partial charge in [0.25, 0.3) is 0 Å². The van der Waals surface area contributed by atoms with Crippen LogP contribution in [0.4, 0.5) is 0 Å². The van der Waals surface area contributed by atoms with Crippen molar-refractivity contribution in [1.29, 1.82) is 0 Å². The molecular formula is C10H17N7. The normalized spacial score (nSPS) is 11.3. The Morgan fingerprint density at radius 2 is 2.18 bits per heavy atom. The van der Waals surface area contributed by atoms with Crippen LogP contribution < -0.4 is 5.32 Å². The molecule has 2 rings (SSSR count). The fourth-order valence-corrected chi connectivity index (χ4v) is 1.39. The van der Waals surface area contributed by atoms with Crippen molar-refractivity contribution in [2.75, 3.05) is 0 Å². The molecule has 0 atom stereocenters. The van der Waals surface area contributed by atoms with Gasteiger partial charge in [-0.15, -0.1) is 0 Å². The van der Waals surface area contributed by atoms with E-state index in [0.717, 1.165) is 11.6 Å². The summed E-state index contributed by atoms with van der Waals surface area (Å²) in [6, 6.07) is 0.431. The molecule has 0 bridgehead atoms. The molecule has 0 saturated carbocycles. The van der Waals surface area contributed by atoms with Crippen molar-refractivity contribution in [2.45, 2.75) is 33.0 Å². The van der Waals surface area contributed by atoms with Crippen molar-refractivity contribution in [3.63, 3.8) is 0 Å². The van der Waals surface area contributed by atoms with Gasteiger partial charge in [-0.05, 0) is 0 Å². The summed E-state index contributed by atoms with van der Waals surface area (Å²) in [6.07, 6.45) is 3.25. The number of aryl methyl sites for hydroxylation is 1. The molecule has 0 fully saturated rings. The maximum Gasteiger partial charge on any atom is 0.164 e. The molecule has 2 aromatic rings. The lowest BCUT2D eigenvalue weighted by molar-refractivity contribution is 0.558. The number of hydrogen-bond acceptors (Lipinski definition) is 5. The van der Waals surface area contributed by atoms with Gasteiger partial charge in [0.1, 0.15) is 25.0 Å². The molecule has 0 saturated heterocycles. The van der Waals surface area contributed by atoms with Gasteiger partial charge in [-0.2, -0.15) is 10.2 Å². The smallest absolute Gasteiger partial charge is 0.164 e. The summed E-state index contributed by atoms with van der Waals surface area (Å²) in [7, 11) is 1.86. The van der Waals surface area contributed by atoms with Gasteiger partial charge in [0.05, 0.1) is 6.54 Å². The minimum absolute atomic E-state index is 0.431. The molecule has 2 heterocycles. The summed E-state index contributed by atoms with van der Waals surface area (Å²) in [5.74, 6) is 1.65. The van der Waals surface area contributed by atoms with Gasteiger partial charge >= 0.3 is 0 Å². The van der Waals surface area contributed by atoms with Crippen LogP contribution in [-0.4, -0.2) is 35.6 Å². The fourth-order valence-electron chi connectivity index (χ4n) is 1.39. The second-order valence-electron chi connectivity index (χ2n) is 4.19. The van der Waals surface area contributed by atoms with E-state index in [-0.39, 0.29) is 0 Å². The average molecular weight is 235 g/mol. The monoisotopic (exact) mass is 235 g/mol. The first-order valence-corrected chi connectivity index (χ1v) is 5.59. The lowest BCUT2D eigenvalue weighted by atomic mass is 10.4. The molecule has 92 valence electrons. The molecule has 0 aliphatic heterocycles. The Morgan fingerprint density at radius 1 is 1.35 bits per heavy atom. The van der Waals surface area contributed by atoms with Crippen LogP contribution >= 0.6 is 0 Å². The third-order valence-corrected chi connectivity index (χ3v) is 2.36. The molecule has 0 aromatic carbocycles.